The van der Waals surface area contributed by atoms with Crippen molar-refractivity contribution in [1.29, 1.82) is 0 Å². The van der Waals surface area contributed by atoms with Gasteiger partial charge in [-0.3, -0.25) is 0 Å². The second-order valence-corrected chi connectivity index (χ2v) is 6.46. The first-order valence-electron chi connectivity index (χ1n) is 8.88. The van der Waals surface area contributed by atoms with E-state index in [-0.39, 0.29) is 16.5 Å². The van der Waals surface area contributed by atoms with E-state index < -0.39 is 41.1 Å². The molecule has 0 amide bonds. The van der Waals surface area contributed by atoms with E-state index in [9.17, 15) is 31.1 Å². The largest absolute Gasteiger partial charge is 0.573 e. The highest BCUT2D eigenvalue weighted by Gasteiger charge is 2.32. The second-order valence-electron chi connectivity index (χ2n) is 6.46. The van der Waals surface area contributed by atoms with Crippen molar-refractivity contribution in [2.24, 2.45) is 0 Å². The minimum atomic E-state index is -5.07. The first-order chi connectivity index (χ1) is 14.6. The molecule has 3 aromatic carbocycles. The number of halogens is 6. The van der Waals surface area contributed by atoms with Crippen LogP contribution in [0.3, 0.4) is 0 Å². The van der Waals surface area contributed by atoms with E-state index in [0.29, 0.717) is 18.4 Å². The summed E-state index contributed by atoms with van der Waals surface area (Å²) in [4.78, 5) is 12.3. The number of hydrogen-bond acceptors (Lipinski definition) is 3. The molecule has 3 rings (SSSR count). The number of fused-ring (bicyclic) bond motifs is 1. The Hall–Kier alpha value is -3.49. The lowest BCUT2D eigenvalue weighted by Gasteiger charge is -2.12. The summed E-state index contributed by atoms with van der Waals surface area (Å²) < 4.78 is 88.3. The lowest BCUT2D eigenvalue weighted by atomic mass is 10.1. The monoisotopic (exact) mass is 440 g/mol. The molecule has 0 saturated carbocycles. The molecule has 0 aliphatic carbocycles. The first-order valence-corrected chi connectivity index (χ1v) is 8.88. The Bertz CT molecular complexity index is 1130. The number of aryl methyl sites for hydroxylation is 1. The Morgan fingerprint density at radius 1 is 1.00 bits per heavy atom. The fourth-order valence-electron chi connectivity index (χ4n) is 2.91. The van der Waals surface area contributed by atoms with Crippen LogP contribution in [0.25, 0.3) is 10.8 Å². The highest BCUT2D eigenvalue weighted by molar-refractivity contribution is 5.93. The van der Waals surface area contributed by atoms with Crippen molar-refractivity contribution in [3.8, 4) is 11.5 Å². The SMILES string of the molecule is C=CCCc1cc(F)c(C(=O)Oc2ccc3c(F)c(OC(F)(F)F)ccc3c2)c(F)c1. The quantitative estimate of drug-likeness (QED) is 0.190. The number of alkyl halides is 3. The average molecular weight is 440 g/mol. The molecule has 9 heteroatoms. The topological polar surface area (TPSA) is 35.5 Å². The zero-order valence-electron chi connectivity index (χ0n) is 15.7. The van der Waals surface area contributed by atoms with Gasteiger partial charge >= 0.3 is 12.3 Å². The predicted octanol–water partition coefficient (Wildman–Crippen LogP) is 6.49. The van der Waals surface area contributed by atoms with Crippen LogP contribution in [0, 0.1) is 17.5 Å². The van der Waals surface area contributed by atoms with Gasteiger partial charge in [0.15, 0.2) is 11.6 Å². The standard InChI is InChI=1S/C22H14F6O3/c1-2-3-4-12-9-16(23)19(17(24)10-12)21(29)30-14-6-7-15-13(11-14)5-8-18(20(15)25)31-22(26,27)28/h2,5-11H,1,3-4H2. The van der Waals surface area contributed by atoms with Gasteiger partial charge in [0.2, 0.25) is 0 Å². The van der Waals surface area contributed by atoms with E-state index in [1.165, 1.54) is 0 Å². The van der Waals surface area contributed by atoms with Crippen LogP contribution in [-0.4, -0.2) is 12.3 Å². The van der Waals surface area contributed by atoms with Crippen LogP contribution >= 0.6 is 0 Å². The van der Waals surface area contributed by atoms with E-state index in [1.54, 1.807) is 6.08 Å². The zero-order chi connectivity index (χ0) is 22.8. The van der Waals surface area contributed by atoms with Crippen molar-refractivity contribution >= 4 is 16.7 Å². The molecule has 0 atom stereocenters. The number of esters is 1. The summed E-state index contributed by atoms with van der Waals surface area (Å²) in [6, 6.07) is 7.19. The van der Waals surface area contributed by atoms with Crippen LogP contribution in [0.5, 0.6) is 11.5 Å². The van der Waals surface area contributed by atoms with E-state index in [1.807, 2.05) is 0 Å². The third-order valence-corrected chi connectivity index (χ3v) is 4.27. The van der Waals surface area contributed by atoms with Crippen LogP contribution in [0.2, 0.25) is 0 Å². The summed E-state index contributed by atoms with van der Waals surface area (Å²) >= 11 is 0. The number of hydrogen-bond donors (Lipinski definition) is 0. The molecule has 0 spiro atoms. The third-order valence-electron chi connectivity index (χ3n) is 4.27. The highest BCUT2D eigenvalue weighted by atomic mass is 19.4. The van der Waals surface area contributed by atoms with E-state index in [4.69, 9.17) is 4.74 Å². The van der Waals surface area contributed by atoms with Gasteiger partial charge in [-0.15, -0.1) is 19.8 Å². The fourth-order valence-corrected chi connectivity index (χ4v) is 2.91. The molecular weight excluding hydrogens is 426 g/mol. The molecule has 0 N–H and O–H groups in total. The smallest absolute Gasteiger partial charge is 0.423 e. The Morgan fingerprint density at radius 2 is 1.68 bits per heavy atom. The molecule has 0 aliphatic rings. The molecule has 3 aromatic rings. The van der Waals surface area contributed by atoms with Crippen LogP contribution in [0.1, 0.15) is 22.3 Å². The minimum Gasteiger partial charge on any atom is -0.423 e. The predicted molar refractivity (Wildman–Crippen MR) is 100 cm³/mol. The van der Waals surface area contributed by atoms with Gasteiger partial charge in [-0.25, -0.2) is 18.0 Å². The van der Waals surface area contributed by atoms with Gasteiger partial charge in [-0.1, -0.05) is 12.1 Å². The number of ether oxygens (including phenoxy) is 2. The molecule has 3 nitrogen and oxygen atoms in total. The van der Waals surface area contributed by atoms with Gasteiger partial charge < -0.3 is 9.47 Å². The molecule has 0 heterocycles. The number of rotatable bonds is 6. The maximum absolute atomic E-state index is 14.3. The van der Waals surface area contributed by atoms with Crippen molar-refractivity contribution in [1.82, 2.24) is 0 Å². The van der Waals surface area contributed by atoms with E-state index >= 15 is 0 Å². The first kappa shape index (κ1) is 22.2. The van der Waals surface area contributed by atoms with Crippen molar-refractivity contribution < 1.29 is 40.6 Å². The summed E-state index contributed by atoms with van der Waals surface area (Å²) in [7, 11) is 0. The molecule has 0 aliphatic heterocycles. The summed E-state index contributed by atoms with van der Waals surface area (Å²) in [6.07, 6.45) is -2.66. The third kappa shape index (κ3) is 5.17. The van der Waals surface area contributed by atoms with Gasteiger partial charge in [0.1, 0.15) is 22.9 Å². The molecule has 0 bridgehead atoms. The molecule has 0 saturated heterocycles. The van der Waals surface area contributed by atoms with Gasteiger partial charge in [-0.05, 0) is 60.2 Å². The molecule has 162 valence electrons. The van der Waals surface area contributed by atoms with Crippen molar-refractivity contribution in [3.63, 3.8) is 0 Å². The zero-order valence-corrected chi connectivity index (χ0v) is 15.7. The summed E-state index contributed by atoms with van der Waals surface area (Å²) in [5, 5.41) is -0.150. The second kappa shape index (κ2) is 8.71. The molecule has 0 unspecified atom stereocenters. The van der Waals surface area contributed by atoms with Crippen LogP contribution in [-0.2, 0) is 6.42 Å². The molecule has 0 aromatic heterocycles. The minimum absolute atomic E-state index is 0.0815. The highest BCUT2D eigenvalue weighted by Crippen LogP contribution is 2.32. The number of carbonyl (C=O) groups excluding carboxylic acids is 1. The normalized spacial score (nSPS) is 11.4. The Kier molecular flexibility index (Phi) is 6.24. The number of benzene rings is 3. The number of allylic oxidation sites excluding steroid dienone is 1. The lowest BCUT2D eigenvalue weighted by Crippen LogP contribution is -2.18. The Morgan fingerprint density at radius 3 is 2.29 bits per heavy atom. The van der Waals surface area contributed by atoms with E-state index in [0.717, 1.165) is 42.5 Å². The summed E-state index contributed by atoms with van der Waals surface area (Å²) in [5.41, 5.74) is -0.563. The van der Waals surface area contributed by atoms with Crippen molar-refractivity contribution in [3.05, 3.63) is 83.7 Å². The molecule has 31 heavy (non-hydrogen) atoms. The van der Waals surface area contributed by atoms with Gasteiger partial charge in [-0.2, -0.15) is 0 Å². The fraction of sp³-hybridized carbons (Fsp3) is 0.136. The van der Waals surface area contributed by atoms with Gasteiger partial charge in [0.25, 0.3) is 0 Å². The maximum atomic E-state index is 14.3. The Labute approximate surface area is 172 Å². The average Bonchev–Trinajstić information content (AvgIpc) is 2.67. The number of carbonyl (C=O) groups is 1. The van der Waals surface area contributed by atoms with Crippen LogP contribution in [0.15, 0.2) is 55.1 Å². The van der Waals surface area contributed by atoms with Gasteiger partial charge in [0.05, 0.1) is 0 Å². The van der Waals surface area contributed by atoms with Crippen LogP contribution < -0.4 is 9.47 Å². The maximum Gasteiger partial charge on any atom is 0.573 e. The lowest BCUT2D eigenvalue weighted by molar-refractivity contribution is -0.275. The van der Waals surface area contributed by atoms with Crippen LogP contribution in [0.4, 0.5) is 26.3 Å². The van der Waals surface area contributed by atoms with E-state index in [2.05, 4.69) is 11.3 Å². The molecular formula is C22H14F6O3. The van der Waals surface area contributed by atoms with Crippen molar-refractivity contribution in [2.45, 2.75) is 19.2 Å². The van der Waals surface area contributed by atoms with Gasteiger partial charge in [0, 0.05) is 5.39 Å². The Balaban J connectivity index is 1.86. The molecule has 0 fully saturated rings. The van der Waals surface area contributed by atoms with Crippen molar-refractivity contribution in [2.75, 3.05) is 0 Å². The summed E-state index contributed by atoms with van der Waals surface area (Å²) in [6.45, 7) is 3.52. The molecule has 0 radical (unpaired) electrons. The summed E-state index contributed by atoms with van der Waals surface area (Å²) in [5.74, 6) is -6.00.